The van der Waals surface area contributed by atoms with Crippen molar-refractivity contribution in [2.75, 3.05) is 7.05 Å². The molecule has 2 aromatic carbocycles. The van der Waals surface area contributed by atoms with E-state index in [1.165, 1.54) is 0 Å². The van der Waals surface area contributed by atoms with Crippen LogP contribution in [0.1, 0.15) is 18.5 Å². The lowest BCUT2D eigenvalue weighted by Gasteiger charge is -2.14. The van der Waals surface area contributed by atoms with Gasteiger partial charge in [0, 0.05) is 29.4 Å². The molecule has 0 saturated heterocycles. The summed E-state index contributed by atoms with van der Waals surface area (Å²) < 4.78 is 14.3. The van der Waals surface area contributed by atoms with Crippen LogP contribution in [0.2, 0.25) is 0 Å². The molecule has 0 aliphatic rings. The highest BCUT2D eigenvalue weighted by atomic mass is 19.1. The minimum absolute atomic E-state index is 0.181. The van der Waals surface area contributed by atoms with Crippen molar-refractivity contribution in [1.29, 1.82) is 0 Å². The molecule has 0 bridgehead atoms. The molecule has 1 aromatic heterocycles. The van der Waals surface area contributed by atoms with Gasteiger partial charge in [0.1, 0.15) is 5.82 Å². The van der Waals surface area contributed by atoms with Crippen molar-refractivity contribution in [1.82, 2.24) is 10.3 Å². The molecule has 21 heavy (non-hydrogen) atoms. The summed E-state index contributed by atoms with van der Waals surface area (Å²) in [6, 6.07) is 13.3. The summed E-state index contributed by atoms with van der Waals surface area (Å²) in [7, 11) is 1.90. The lowest BCUT2D eigenvalue weighted by atomic mass is 9.96. The van der Waals surface area contributed by atoms with E-state index < -0.39 is 0 Å². The van der Waals surface area contributed by atoms with Gasteiger partial charge < -0.3 is 5.32 Å². The zero-order valence-electron chi connectivity index (χ0n) is 12.1. The van der Waals surface area contributed by atoms with E-state index in [-0.39, 0.29) is 11.9 Å². The molecule has 1 atom stereocenters. The van der Waals surface area contributed by atoms with E-state index in [0.29, 0.717) is 5.56 Å². The zero-order valence-corrected chi connectivity index (χ0v) is 12.1. The van der Waals surface area contributed by atoms with Gasteiger partial charge in [0.15, 0.2) is 0 Å². The van der Waals surface area contributed by atoms with Crippen molar-refractivity contribution >= 4 is 10.8 Å². The number of pyridine rings is 1. The zero-order chi connectivity index (χ0) is 14.8. The van der Waals surface area contributed by atoms with Crippen LogP contribution in [0.5, 0.6) is 0 Å². The highest BCUT2D eigenvalue weighted by molar-refractivity contribution is 5.96. The van der Waals surface area contributed by atoms with Gasteiger partial charge >= 0.3 is 0 Å². The summed E-state index contributed by atoms with van der Waals surface area (Å²) in [6.45, 7) is 2.06. The Bertz CT molecular complexity index is 778. The Morgan fingerprint density at radius 2 is 1.95 bits per heavy atom. The summed E-state index contributed by atoms with van der Waals surface area (Å²) in [5, 5.41) is 5.21. The number of hydrogen-bond acceptors (Lipinski definition) is 2. The van der Waals surface area contributed by atoms with E-state index in [4.69, 9.17) is 0 Å². The lowest BCUT2D eigenvalue weighted by molar-refractivity contribution is 0.622. The molecular weight excluding hydrogens is 263 g/mol. The van der Waals surface area contributed by atoms with Crippen LogP contribution in [-0.4, -0.2) is 12.0 Å². The molecule has 106 valence electrons. The monoisotopic (exact) mass is 280 g/mol. The number of nitrogens with zero attached hydrogens (tertiary/aromatic N) is 1. The third-order valence-corrected chi connectivity index (χ3v) is 3.89. The molecular formula is C18H17FN2. The first-order valence-corrected chi connectivity index (χ1v) is 7.00. The number of fused-ring (bicyclic) bond motifs is 1. The molecule has 0 fully saturated rings. The highest BCUT2D eigenvalue weighted by Crippen LogP contribution is 2.31. The van der Waals surface area contributed by atoms with E-state index >= 15 is 0 Å². The van der Waals surface area contributed by atoms with Gasteiger partial charge in [0.05, 0.1) is 0 Å². The molecule has 3 rings (SSSR count). The first-order chi connectivity index (χ1) is 10.2. The van der Waals surface area contributed by atoms with Gasteiger partial charge in [0.2, 0.25) is 0 Å². The van der Waals surface area contributed by atoms with Crippen molar-refractivity contribution in [2.45, 2.75) is 13.0 Å². The summed E-state index contributed by atoms with van der Waals surface area (Å²) in [5.74, 6) is -0.202. The Morgan fingerprint density at radius 1 is 1.10 bits per heavy atom. The first kappa shape index (κ1) is 13.7. The number of nitrogens with one attached hydrogen (secondary N) is 1. The first-order valence-electron chi connectivity index (χ1n) is 7.00. The van der Waals surface area contributed by atoms with Crippen LogP contribution in [0.4, 0.5) is 4.39 Å². The number of benzene rings is 2. The largest absolute Gasteiger partial charge is 0.313 e. The van der Waals surface area contributed by atoms with Gasteiger partial charge in [-0.1, -0.05) is 24.3 Å². The van der Waals surface area contributed by atoms with Gasteiger partial charge in [-0.3, -0.25) is 4.98 Å². The summed E-state index contributed by atoms with van der Waals surface area (Å²) in [5.41, 5.74) is 2.60. The predicted molar refractivity (Wildman–Crippen MR) is 84.6 cm³/mol. The average molecular weight is 280 g/mol. The summed E-state index contributed by atoms with van der Waals surface area (Å²) in [4.78, 5) is 4.13. The number of rotatable bonds is 3. The molecule has 1 heterocycles. The fraction of sp³-hybridized carbons (Fsp3) is 0.167. The topological polar surface area (TPSA) is 24.9 Å². The van der Waals surface area contributed by atoms with Crippen molar-refractivity contribution in [2.24, 2.45) is 0 Å². The van der Waals surface area contributed by atoms with Crippen LogP contribution in [0.25, 0.3) is 21.9 Å². The number of halogens is 1. The van der Waals surface area contributed by atoms with Crippen LogP contribution < -0.4 is 5.32 Å². The van der Waals surface area contributed by atoms with Gasteiger partial charge in [-0.25, -0.2) is 4.39 Å². The smallest absolute Gasteiger partial charge is 0.131 e. The normalized spacial score (nSPS) is 12.5. The van der Waals surface area contributed by atoms with Crippen molar-refractivity contribution in [3.8, 4) is 11.1 Å². The molecule has 3 aromatic rings. The SMILES string of the molecule is CNC(C)c1ccc(F)c(-c2cccc3cnccc23)c1. The van der Waals surface area contributed by atoms with Gasteiger partial charge in [-0.2, -0.15) is 0 Å². The quantitative estimate of drug-likeness (QED) is 0.772. The van der Waals surface area contributed by atoms with Crippen molar-refractivity contribution in [3.05, 3.63) is 66.2 Å². The Kier molecular flexibility index (Phi) is 3.67. The molecule has 0 aliphatic heterocycles. The van der Waals surface area contributed by atoms with Crippen LogP contribution in [-0.2, 0) is 0 Å². The highest BCUT2D eigenvalue weighted by Gasteiger charge is 2.11. The second-order valence-electron chi connectivity index (χ2n) is 5.15. The van der Waals surface area contributed by atoms with E-state index in [1.54, 1.807) is 18.5 Å². The van der Waals surface area contributed by atoms with Crippen LogP contribution in [0, 0.1) is 5.82 Å². The van der Waals surface area contributed by atoms with Gasteiger partial charge in [-0.15, -0.1) is 0 Å². The second-order valence-corrected chi connectivity index (χ2v) is 5.15. The summed E-state index contributed by atoms with van der Waals surface area (Å²) in [6.07, 6.45) is 3.54. The molecule has 1 unspecified atom stereocenters. The minimum Gasteiger partial charge on any atom is -0.313 e. The Morgan fingerprint density at radius 3 is 2.76 bits per heavy atom. The van der Waals surface area contributed by atoms with Crippen LogP contribution in [0.15, 0.2) is 54.9 Å². The maximum absolute atomic E-state index is 14.3. The fourth-order valence-electron chi connectivity index (χ4n) is 2.54. The number of hydrogen-bond donors (Lipinski definition) is 1. The third kappa shape index (κ3) is 2.52. The van der Waals surface area contributed by atoms with Gasteiger partial charge in [-0.05, 0) is 48.7 Å². The maximum Gasteiger partial charge on any atom is 0.131 e. The Hall–Kier alpha value is -2.26. The minimum atomic E-state index is -0.202. The fourth-order valence-corrected chi connectivity index (χ4v) is 2.54. The number of aromatic nitrogens is 1. The van der Waals surface area contributed by atoms with E-state index in [0.717, 1.165) is 21.9 Å². The van der Waals surface area contributed by atoms with Crippen LogP contribution in [0.3, 0.4) is 0 Å². The Balaban J connectivity index is 2.23. The summed E-state index contributed by atoms with van der Waals surface area (Å²) >= 11 is 0. The standard InChI is InChI=1S/C18H17FN2/c1-12(20-2)13-6-7-18(19)17(10-13)16-5-3-4-14-11-21-9-8-15(14)16/h3-12,20H,1-2H3. The second kappa shape index (κ2) is 5.62. The molecule has 0 radical (unpaired) electrons. The molecule has 0 amide bonds. The van der Waals surface area contributed by atoms with E-state index in [1.807, 2.05) is 43.4 Å². The molecule has 1 N–H and O–H groups in total. The maximum atomic E-state index is 14.3. The molecule has 2 nitrogen and oxygen atoms in total. The molecule has 0 spiro atoms. The van der Waals surface area contributed by atoms with E-state index in [9.17, 15) is 4.39 Å². The molecule has 0 aliphatic carbocycles. The predicted octanol–water partition coefficient (Wildman–Crippen LogP) is 4.32. The van der Waals surface area contributed by atoms with E-state index in [2.05, 4.69) is 17.2 Å². The van der Waals surface area contributed by atoms with Crippen molar-refractivity contribution < 1.29 is 4.39 Å². The molecule has 0 saturated carbocycles. The van der Waals surface area contributed by atoms with Gasteiger partial charge in [0.25, 0.3) is 0 Å². The Labute approximate surface area is 123 Å². The van der Waals surface area contributed by atoms with Crippen LogP contribution >= 0.6 is 0 Å². The lowest BCUT2D eigenvalue weighted by Crippen LogP contribution is -2.12. The third-order valence-electron chi connectivity index (χ3n) is 3.89. The average Bonchev–Trinajstić information content (AvgIpc) is 2.54. The van der Waals surface area contributed by atoms with Crippen molar-refractivity contribution in [3.63, 3.8) is 0 Å². The molecule has 3 heteroatoms.